The lowest BCUT2D eigenvalue weighted by Crippen LogP contribution is -2.48. The third kappa shape index (κ3) is 8.50. The van der Waals surface area contributed by atoms with Crippen LogP contribution in [0.15, 0.2) is 0 Å². The van der Waals surface area contributed by atoms with Gasteiger partial charge in [-0.15, -0.1) is 0 Å². The molecule has 0 spiro atoms. The smallest absolute Gasteiger partial charge is 0.222 e. The first-order valence-electron chi connectivity index (χ1n) is 6.93. The minimum absolute atomic E-state index is 0.0758. The molecule has 4 nitrogen and oxygen atoms in total. The van der Waals surface area contributed by atoms with E-state index in [2.05, 4.69) is 30.4 Å². The molecule has 2 unspecified atom stereocenters. The Kier molecular flexibility index (Phi) is 8.70. The molecule has 114 valence electrons. The monoisotopic (exact) mass is 289 g/mol. The molecule has 0 saturated carbocycles. The molecule has 0 aromatic rings. The van der Waals surface area contributed by atoms with Crippen molar-refractivity contribution in [3.05, 3.63) is 0 Å². The summed E-state index contributed by atoms with van der Waals surface area (Å²) in [7, 11) is 2.06. The van der Waals surface area contributed by atoms with E-state index in [1.165, 1.54) is 0 Å². The van der Waals surface area contributed by atoms with Crippen LogP contribution in [0.1, 0.15) is 40.5 Å². The van der Waals surface area contributed by atoms with Crippen molar-refractivity contribution in [3.8, 4) is 0 Å². The van der Waals surface area contributed by atoms with E-state index < -0.39 is 0 Å². The Morgan fingerprint density at radius 2 is 2.00 bits per heavy atom. The van der Waals surface area contributed by atoms with Gasteiger partial charge in [0.25, 0.3) is 0 Å². The summed E-state index contributed by atoms with van der Waals surface area (Å²) >= 11 is 1.85. The zero-order valence-electron chi connectivity index (χ0n) is 13.3. The van der Waals surface area contributed by atoms with E-state index in [1.54, 1.807) is 0 Å². The second-order valence-corrected chi connectivity index (χ2v) is 7.17. The molecule has 0 fully saturated rings. The van der Waals surface area contributed by atoms with Crippen molar-refractivity contribution in [3.63, 3.8) is 0 Å². The molecule has 3 N–H and O–H groups in total. The number of carbonyl (C=O) groups excluding carboxylic acids is 1. The summed E-state index contributed by atoms with van der Waals surface area (Å²) in [6.45, 7) is 8.69. The van der Waals surface area contributed by atoms with Crippen molar-refractivity contribution in [2.75, 3.05) is 25.6 Å². The largest absolute Gasteiger partial charge is 0.351 e. The van der Waals surface area contributed by atoms with Crippen molar-refractivity contribution in [2.45, 2.75) is 58.2 Å². The number of hydrogen-bond acceptors (Lipinski definition) is 4. The number of amides is 1. The van der Waals surface area contributed by atoms with Crippen molar-refractivity contribution in [1.82, 2.24) is 10.2 Å². The van der Waals surface area contributed by atoms with Gasteiger partial charge in [-0.1, -0.05) is 0 Å². The lowest BCUT2D eigenvalue weighted by Gasteiger charge is -2.33. The molecule has 0 aliphatic carbocycles. The molecule has 0 rings (SSSR count). The van der Waals surface area contributed by atoms with Gasteiger partial charge in [-0.2, -0.15) is 11.8 Å². The zero-order valence-corrected chi connectivity index (χ0v) is 14.1. The lowest BCUT2D eigenvalue weighted by atomic mass is 10.1. The first kappa shape index (κ1) is 18.7. The fourth-order valence-electron chi connectivity index (χ4n) is 1.93. The van der Waals surface area contributed by atoms with Gasteiger partial charge in [0.15, 0.2) is 0 Å². The van der Waals surface area contributed by atoms with Gasteiger partial charge < -0.3 is 11.1 Å². The molecule has 19 heavy (non-hydrogen) atoms. The van der Waals surface area contributed by atoms with Crippen LogP contribution in [0.2, 0.25) is 0 Å². The van der Waals surface area contributed by atoms with Crippen LogP contribution in [-0.2, 0) is 4.79 Å². The molecule has 1 amide bonds. The predicted octanol–water partition coefficient (Wildman–Crippen LogP) is 1.69. The van der Waals surface area contributed by atoms with Crippen LogP contribution in [0, 0.1) is 0 Å². The Hall–Kier alpha value is -0.260. The molecule has 0 bridgehead atoms. The molecule has 2 atom stereocenters. The molecule has 0 radical (unpaired) electrons. The topological polar surface area (TPSA) is 58.4 Å². The van der Waals surface area contributed by atoms with Crippen LogP contribution in [0.3, 0.4) is 0 Å². The van der Waals surface area contributed by atoms with E-state index in [1.807, 2.05) is 32.5 Å². The number of hydrogen-bond donors (Lipinski definition) is 2. The molecule has 0 aliphatic rings. The standard InChI is InChI=1S/C14H31N3OS/c1-11(7-8-19-6)17(5)12(10-15)9-13(18)16-14(2,3)4/h11-12H,7-10,15H2,1-6H3,(H,16,18). The molecular formula is C14H31N3OS. The highest BCUT2D eigenvalue weighted by molar-refractivity contribution is 7.98. The highest BCUT2D eigenvalue weighted by Crippen LogP contribution is 2.12. The van der Waals surface area contributed by atoms with Crippen molar-refractivity contribution in [2.24, 2.45) is 5.73 Å². The zero-order chi connectivity index (χ0) is 15.1. The van der Waals surface area contributed by atoms with Gasteiger partial charge in [0.1, 0.15) is 0 Å². The van der Waals surface area contributed by atoms with Gasteiger partial charge in [-0.25, -0.2) is 0 Å². The maximum absolute atomic E-state index is 12.0. The molecule has 0 saturated heterocycles. The molecule has 0 aromatic carbocycles. The average Bonchev–Trinajstić information content (AvgIpc) is 2.29. The van der Waals surface area contributed by atoms with Crippen LogP contribution in [0.4, 0.5) is 0 Å². The summed E-state index contributed by atoms with van der Waals surface area (Å²) in [6.07, 6.45) is 3.70. The Balaban J connectivity index is 4.36. The van der Waals surface area contributed by atoms with Gasteiger partial charge in [0, 0.05) is 30.6 Å². The van der Waals surface area contributed by atoms with Crippen molar-refractivity contribution in [1.29, 1.82) is 0 Å². The molecular weight excluding hydrogens is 258 g/mol. The minimum Gasteiger partial charge on any atom is -0.351 e. The van der Waals surface area contributed by atoms with E-state index in [4.69, 9.17) is 5.73 Å². The van der Waals surface area contributed by atoms with E-state index in [-0.39, 0.29) is 17.5 Å². The number of nitrogens with zero attached hydrogens (tertiary/aromatic N) is 1. The summed E-state index contributed by atoms with van der Waals surface area (Å²) in [6, 6.07) is 0.558. The van der Waals surface area contributed by atoms with E-state index in [0.29, 0.717) is 19.0 Å². The van der Waals surface area contributed by atoms with Crippen LogP contribution in [0.25, 0.3) is 0 Å². The fourth-order valence-corrected chi connectivity index (χ4v) is 2.51. The third-order valence-corrected chi connectivity index (χ3v) is 3.86. The number of nitrogens with one attached hydrogen (secondary N) is 1. The van der Waals surface area contributed by atoms with E-state index in [9.17, 15) is 4.79 Å². The van der Waals surface area contributed by atoms with Gasteiger partial charge >= 0.3 is 0 Å². The first-order chi connectivity index (χ1) is 8.71. The van der Waals surface area contributed by atoms with E-state index >= 15 is 0 Å². The predicted molar refractivity (Wildman–Crippen MR) is 85.6 cm³/mol. The third-order valence-electron chi connectivity index (χ3n) is 3.22. The molecule has 5 heteroatoms. The van der Waals surface area contributed by atoms with E-state index in [0.717, 1.165) is 12.2 Å². The van der Waals surface area contributed by atoms with Gasteiger partial charge in [0.05, 0.1) is 0 Å². The summed E-state index contributed by atoms with van der Waals surface area (Å²) in [4.78, 5) is 14.2. The van der Waals surface area contributed by atoms with Gasteiger partial charge in [-0.05, 0) is 53.2 Å². The Morgan fingerprint density at radius 1 is 1.42 bits per heavy atom. The van der Waals surface area contributed by atoms with Crippen LogP contribution >= 0.6 is 11.8 Å². The van der Waals surface area contributed by atoms with Gasteiger partial charge in [-0.3, -0.25) is 9.69 Å². The summed E-state index contributed by atoms with van der Waals surface area (Å²) in [5.74, 6) is 1.21. The number of carbonyl (C=O) groups is 1. The summed E-state index contributed by atoms with van der Waals surface area (Å²) in [5, 5.41) is 3.00. The summed E-state index contributed by atoms with van der Waals surface area (Å²) in [5.41, 5.74) is 5.64. The van der Waals surface area contributed by atoms with Crippen molar-refractivity contribution >= 4 is 17.7 Å². The highest BCUT2D eigenvalue weighted by atomic mass is 32.2. The van der Waals surface area contributed by atoms with Crippen LogP contribution in [-0.4, -0.2) is 54.0 Å². The minimum atomic E-state index is -0.181. The van der Waals surface area contributed by atoms with Crippen LogP contribution < -0.4 is 11.1 Å². The fraction of sp³-hybridized carbons (Fsp3) is 0.929. The number of nitrogens with two attached hydrogens (primary N) is 1. The average molecular weight is 289 g/mol. The summed E-state index contributed by atoms with van der Waals surface area (Å²) < 4.78 is 0. The van der Waals surface area contributed by atoms with Gasteiger partial charge in [0.2, 0.25) is 5.91 Å². The second kappa shape index (κ2) is 8.82. The number of rotatable bonds is 8. The maximum Gasteiger partial charge on any atom is 0.222 e. The quantitative estimate of drug-likeness (QED) is 0.714. The lowest BCUT2D eigenvalue weighted by molar-refractivity contribution is -0.123. The molecule has 0 aromatic heterocycles. The molecule has 0 heterocycles. The Morgan fingerprint density at radius 3 is 2.42 bits per heavy atom. The van der Waals surface area contributed by atoms with Crippen LogP contribution in [0.5, 0.6) is 0 Å². The maximum atomic E-state index is 12.0. The Labute approximate surface area is 122 Å². The van der Waals surface area contributed by atoms with Crippen molar-refractivity contribution < 1.29 is 4.79 Å². The SMILES string of the molecule is CSCCC(C)N(C)C(CN)CC(=O)NC(C)(C)C. The number of likely N-dealkylation sites (N-methyl/N-ethyl adjacent to an activating group) is 1. The molecule has 0 aliphatic heterocycles. The normalized spacial score (nSPS) is 15.4. The number of thioether (sulfide) groups is 1. The highest BCUT2D eigenvalue weighted by Gasteiger charge is 2.23. The Bertz CT molecular complexity index is 266. The second-order valence-electron chi connectivity index (χ2n) is 6.19. The first-order valence-corrected chi connectivity index (χ1v) is 8.32.